The Labute approximate surface area is 105 Å². The fourth-order valence-electron chi connectivity index (χ4n) is 2.26. The topological polar surface area (TPSA) is 88.3 Å². The van der Waals surface area contributed by atoms with Gasteiger partial charge in [-0.25, -0.2) is 29.4 Å². The molecule has 96 valence electrons. The normalized spacial score (nSPS) is 28.3. The number of carbonyl (C=O) groups excluding carboxylic acids is 3. The first-order valence-electron chi connectivity index (χ1n) is 6.01. The molecule has 0 amide bonds. The fourth-order valence-corrected chi connectivity index (χ4v) is 2.26. The van der Waals surface area contributed by atoms with Gasteiger partial charge in [0.1, 0.15) is 0 Å². The van der Waals surface area contributed by atoms with E-state index in [0.717, 1.165) is 12.8 Å². The molecule has 0 aromatic rings. The molecular weight excluding hydrogens is 234 g/mol. The van der Waals surface area contributed by atoms with Crippen LogP contribution in [0.15, 0.2) is 15.0 Å². The summed E-state index contributed by atoms with van der Waals surface area (Å²) in [4.78, 5) is 42.1. The summed E-state index contributed by atoms with van der Waals surface area (Å²) in [5.41, 5.74) is 0. The van der Waals surface area contributed by atoms with E-state index in [0.29, 0.717) is 25.7 Å². The van der Waals surface area contributed by atoms with E-state index in [1.54, 1.807) is 18.2 Å². The highest BCUT2D eigenvalue weighted by molar-refractivity contribution is 5.35. The summed E-state index contributed by atoms with van der Waals surface area (Å²) < 4.78 is 0. The minimum Gasteiger partial charge on any atom is -0.211 e. The van der Waals surface area contributed by atoms with E-state index in [-0.39, 0.29) is 18.1 Å². The summed E-state index contributed by atoms with van der Waals surface area (Å²) in [6, 6.07) is -0.457. The SMILES string of the molecule is O=C=NC1CCCC(N=C=O)CC(N=C=O)CC1. The first-order valence-corrected chi connectivity index (χ1v) is 6.01. The maximum Gasteiger partial charge on any atom is 0.235 e. The fraction of sp³-hybridized carbons (Fsp3) is 0.750. The van der Waals surface area contributed by atoms with E-state index < -0.39 is 0 Å². The van der Waals surface area contributed by atoms with Gasteiger partial charge in [-0.1, -0.05) is 0 Å². The van der Waals surface area contributed by atoms with Crippen LogP contribution in [0.2, 0.25) is 0 Å². The molecule has 6 heteroatoms. The van der Waals surface area contributed by atoms with E-state index in [4.69, 9.17) is 0 Å². The van der Waals surface area contributed by atoms with Crippen molar-refractivity contribution in [2.75, 3.05) is 0 Å². The molecule has 0 radical (unpaired) electrons. The predicted molar refractivity (Wildman–Crippen MR) is 63.4 cm³/mol. The Hall–Kier alpha value is -1.86. The molecule has 0 spiro atoms. The molecule has 0 saturated heterocycles. The van der Waals surface area contributed by atoms with Crippen LogP contribution in [-0.2, 0) is 14.4 Å². The lowest BCUT2D eigenvalue weighted by Crippen LogP contribution is -2.14. The van der Waals surface area contributed by atoms with E-state index in [9.17, 15) is 14.4 Å². The first-order chi connectivity index (χ1) is 8.80. The third kappa shape index (κ3) is 4.98. The van der Waals surface area contributed by atoms with Crippen molar-refractivity contribution < 1.29 is 14.4 Å². The Morgan fingerprint density at radius 1 is 0.667 bits per heavy atom. The molecule has 3 unspecified atom stereocenters. The van der Waals surface area contributed by atoms with Crippen LogP contribution in [0.5, 0.6) is 0 Å². The molecule has 18 heavy (non-hydrogen) atoms. The predicted octanol–water partition coefficient (Wildman–Crippen LogP) is 1.45. The maximum atomic E-state index is 10.3. The summed E-state index contributed by atoms with van der Waals surface area (Å²) in [5.74, 6) is 0. The van der Waals surface area contributed by atoms with E-state index in [2.05, 4.69) is 15.0 Å². The van der Waals surface area contributed by atoms with Crippen LogP contribution in [0.4, 0.5) is 0 Å². The van der Waals surface area contributed by atoms with Crippen molar-refractivity contribution in [1.82, 2.24) is 0 Å². The molecule has 0 bridgehead atoms. The maximum absolute atomic E-state index is 10.3. The molecule has 0 aliphatic heterocycles. The van der Waals surface area contributed by atoms with Crippen LogP contribution >= 0.6 is 0 Å². The van der Waals surface area contributed by atoms with Crippen LogP contribution in [-0.4, -0.2) is 36.4 Å². The summed E-state index contributed by atoms with van der Waals surface area (Å²) in [7, 11) is 0. The Balaban J connectivity index is 2.76. The Morgan fingerprint density at radius 3 is 1.72 bits per heavy atom. The molecule has 3 atom stereocenters. The lowest BCUT2D eigenvalue weighted by Gasteiger charge is -2.13. The highest BCUT2D eigenvalue weighted by atomic mass is 16.1. The zero-order valence-electron chi connectivity index (χ0n) is 10.0. The Bertz CT molecular complexity index is 405. The van der Waals surface area contributed by atoms with Gasteiger partial charge in [0.15, 0.2) is 0 Å². The van der Waals surface area contributed by atoms with Crippen LogP contribution in [0.25, 0.3) is 0 Å². The van der Waals surface area contributed by atoms with E-state index in [1.807, 2.05) is 0 Å². The summed E-state index contributed by atoms with van der Waals surface area (Å²) in [6.07, 6.45) is 8.83. The molecule has 0 N–H and O–H groups in total. The highest BCUT2D eigenvalue weighted by Crippen LogP contribution is 2.23. The number of hydrogen-bond donors (Lipinski definition) is 0. The van der Waals surface area contributed by atoms with E-state index >= 15 is 0 Å². The van der Waals surface area contributed by atoms with Crippen molar-refractivity contribution >= 4 is 18.2 Å². The lowest BCUT2D eigenvalue weighted by atomic mass is 10.0. The molecule has 1 saturated carbocycles. The number of hydrogen-bond acceptors (Lipinski definition) is 6. The van der Waals surface area contributed by atoms with Crippen LogP contribution in [0, 0.1) is 0 Å². The van der Waals surface area contributed by atoms with Crippen molar-refractivity contribution in [3.05, 3.63) is 0 Å². The minimum atomic E-state index is -0.216. The zero-order valence-corrected chi connectivity index (χ0v) is 10.0. The van der Waals surface area contributed by atoms with Gasteiger partial charge >= 0.3 is 0 Å². The molecule has 1 aliphatic carbocycles. The van der Waals surface area contributed by atoms with Gasteiger partial charge in [-0.2, -0.15) is 0 Å². The van der Waals surface area contributed by atoms with Gasteiger partial charge < -0.3 is 0 Å². The van der Waals surface area contributed by atoms with Gasteiger partial charge in [0.05, 0.1) is 18.1 Å². The van der Waals surface area contributed by atoms with Crippen LogP contribution < -0.4 is 0 Å². The second kappa shape index (κ2) is 8.26. The third-order valence-electron chi connectivity index (χ3n) is 3.16. The Kier molecular flexibility index (Phi) is 6.52. The second-order valence-corrected chi connectivity index (χ2v) is 4.37. The number of isocyanates is 3. The van der Waals surface area contributed by atoms with Crippen LogP contribution in [0.3, 0.4) is 0 Å². The van der Waals surface area contributed by atoms with Gasteiger partial charge in [-0.15, -0.1) is 0 Å². The van der Waals surface area contributed by atoms with Crippen LogP contribution in [0.1, 0.15) is 38.5 Å². The molecule has 0 aromatic carbocycles. The number of aliphatic imine (C=N–C) groups is 3. The summed E-state index contributed by atoms with van der Waals surface area (Å²) in [6.45, 7) is 0. The van der Waals surface area contributed by atoms with Gasteiger partial charge in [0, 0.05) is 0 Å². The second-order valence-electron chi connectivity index (χ2n) is 4.37. The van der Waals surface area contributed by atoms with Gasteiger partial charge in [-0.3, -0.25) is 0 Å². The largest absolute Gasteiger partial charge is 0.235 e. The third-order valence-corrected chi connectivity index (χ3v) is 3.16. The van der Waals surface area contributed by atoms with Gasteiger partial charge in [-0.05, 0) is 38.5 Å². The quantitative estimate of drug-likeness (QED) is 0.560. The summed E-state index contributed by atoms with van der Waals surface area (Å²) >= 11 is 0. The average Bonchev–Trinajstić information content (AvgIpc) is 2.43. The standard InChI is InChI=1S/C12H15N3O3/c16-7-13-10-2-1-3-11(14-8-17)6-12(5-4-10)15-9-18/h10-12H,1-6H2. The van der Waals surface area contributed by atoms with E-state index in [1.165, 1.54) is 0 Å². The molecule has 6 nitrogen and oxygen atoms in total. The zero-order chi connectivity index (χ0) is 13.2. The molecule has 0 aromatic heterocycles. The smallest absolute Gasteiger partial charge is 0.211 e. The van der Waals surface area contributed by atoms with Gasteiger partial charge in [0.2, 0.25) is 18.2 Å². The molecule has 1 aliphatic rings. The molecule has 1 rings (SSSR count). The number of nitrogens with zero attached hydrogens (tertiary/aromatic N) is 3. The molecule has 1 fully saturated rings. The lowest BCUT2D eigenvalue weighted by molar-refractivity contribution is 0.471. The van der Waals surface area contributed by atoms with Crippen molar-refractivity contribution in [1.29, 1.82) is 0 Å². The van der Waals surface area contributed by atoms with Crippen molar-refractivity contribution in [2.24, 2.45) is 15.0 Å². The minimum absolute atomic E-state index is 0.0780. The van der Waals surface area contributed by atoms with Crippen molar-refractivity contribution in [2.45, 2.75) is 56.7 Å². The average molecular weight is 249 g/mol. The summed E-state index contributed by atoms with van der Waals surface area (Å²) in [5, 5.41) is 0. The monoisotopic (exact) mass is 249 g/mol. The highest BCUT2D eigenvalue weighted by Gasteiger charge is 2.20. The van der Waals surface area contributed by atoms with Crippen molar-refractivity contribution in [3.8, 4) is 0 Å². The Morgan fingerprint density at radius 2 is 1.11 bits per heavy atom. The molecule has 0 heterocycles. The van der Waals surface area contributed by atoms with Gasteiger partial charge in [0.25, 0.3) is 0 Å². The first kappa shape index (κ1) is 14.2. The molecular formula is C12H15N3O3. The number of rotatable bonds is 3. The van der Waals surface area contributed by atoms with Crippen molar-refractivity contribution in [3.63, 3.8) is 0 Å².